The minimum Gasteiger partial charge on any atom is -0.497 e. The number of nitrogens with zero attached hydrogens (tertiary/aromatic N) is 2. The van der Waals surface area contributed by atoms with E-state index < -0.39 is 0 Å². The van der Waals surface area contributed by atoms with Gasteiger partial charge in [0.25, 0.3) is 5.91 Å². The van der Waals surface area contributed by atoms with Crippen LogP contribution in [-0.2, 0) is 0 Å². The highest BCUT2D eigenvalue weighted by atomic mass is 19.1. The topological polar surface area (TPSA) is 75.1 Å². The highest BCUT2D eigenvalue weighted by molar-refractivity contribution is 6.06. The fourth-order valence-electron chi connectivity index (χ4n) is 3.63. The first-order valence-electron chi connectivity index (χ1n) is 12.1. The molecule has 0 aromatic heterocycles. The lowest BCUT2D eigenvalue weighted by molar-refractivity contribution is 0.0975. The van der Waals surface area contributed by atoms with Crippen LogP contribution in [0.5, 0.6) is 5.75 Å². The van der Waals surface area contributed by atoms with Crippen molar-refractivity contribution >= 4 is 17.6 Å². The Labute approximate surface area is 209 Å². The Morgan fingerprint density at radius 1 is 1.06 bits per heavy atom. The van der Waals surface area contributed by atoms with Crippen molar-refractivity contribution in [2.24, 2.45) is 15.4 Å². The molecule has 2 aromatic rings. The van der Waals surface area contributed by atoms with Crippen molar-refractivity contribution in [3.63, 3.8) is 0 Å². The predicted octanol–water partition coefficient (Wildman–Crippen LogP) is 5.62. The minimum absolute atomic E-state index is 0.0404. The highest BCUT2D eigenvalue weighted by Gasteiger charge is 2.24. The molecule has 6 nitrogen and oxygen atoms in total. The molecule has 35 heavy (non-hydrogen) atoms. The molecule has 0 saturated heterocycles. The average molecular weight is 483 g/mol. The molecule has 7 heteroatoms. The molecule has 1 unspecified atom stereocenters. The second-order valence-corrected chi connectivity index (χ2v) is 9.72. The predicted molar refractivity (Wildman–Crippen MR) is 142 cm³/mol. The van der Waals surface area contributed by atoms with E-state index in [1.165, 1.54) is 12.1 Å². The molecule has 0 fully saturated rings. The molecule has 0 aliphatic heterocycles. The van der Waals surface area contributed by atoms with Gasteiger partial charge in [0.05, 0.1) is 13.2 Å². The van der Waals surface area contributed by atoms with Crippen molar-refractivity contribution in [2.75, 3.05) is 14.2 Å². The maximum absolute atomic E-state index is 13.5. The van der Waals surface area contributed by atoms with E-state index in [0.29, 0.717) is 23.7 Å². The quantitative estimate of drug-likeness (QED) is 0.341. The fourth-order valence-corrected chi connectivity index (χ4v) is 3.63. The molecule has 0 saturated carbocycles. The number of guanidine groups is 1. The number of benzene rings is 2. The van der Waals surface area contributed by atoms with Crippen LogP contribution >= 0.6 is 0 Å². The second kappa shape index (κ2) is 13.0. The minimum atomic E-state index is -0.282. The summed E-state index contributed by atoms with van der Waals surface area (Å²) in [5.41, 5.74) is 2.26. The number of hydrogen-bond acceptors (Lipinski definition) is 4. The third-order valence-electron chi connectivity index (χ3n) is 5.94. The van der Waals surface area contributed by atoms with E-state index in [4.69, 9.17) is 9.73 Å². The van der Waals surface area contributed by atoms with Gasteiger partial charge in [-0.15, -0.1) is 0 Å². The van der Waals surface area contributed by atoms with Crippen molar-refractivity contribution in [3.8, 4) is 5.75 Å². The van der Waals surface area contributed by atoms with E-state index in [-0.39, 0.29) is 29.2 Å². The number of halogens is 1. The molecule has 0 heterocycles. The molecule has 0 bridgehead atoms. The number of nitrogens with one attached hydrogen (secondary N) is 2. The lowest BCUT2D eigenvalue weighted by atomic mass is 9.82. The first kappa shape index (κ1) is 28.0. The molecular weight excluding hydrogens is 443 g/mol. The van der Waals surface area contributed by atoms with Gasteiger partial charge in [-0.05, 0) is 67.6 Å². The fraction of sp³-hybridized carbons (Fsp3) is 0.464. The summed E-state index contributed by atoms with van der Waals surface area (Å²) in [4.78, 5) is 22.4. The summed E-state index contributed by atoms with van der Waals surface area (Å²) >= 11 is 0. The zero-order valence-electron chi connectivity index (χ0n) is 22.0. The zero-order valence-corrected chi connectivity index (χ0v) is 22.0. The Hall–Kier alpha value is -3.22. The van der Waals surface area contributed by atoms with E-state index in [1.807, 2.05) is 13.8 Å². The van der Waals surface area contributed by atoms with Crippen LogP contribution in [0.1, 0.15) is 69.8 Å². The van der Waals surface area contributed by atoms with E-state index in [0.717, 1.165) is 24.1 Å². The molecule has 0 aliphatic carbocycles. The Morgan fingerprint density at radius 2 is 1.66 bits per heavy atom. The summed E-state index contributed by atoms with van der Waals surface area (Å²) in [7, 11) is 3.33. The van der Waals surface area contributed by atoms with Crippen LogP contribution in [0.3, 0.4) is 0 Å². The van der Waals surface area contributed by atoms with Gasteiger partial charge < -0.3 is 10.1 Å². The number of amides is 1. The smallest absolute Gasteiger partial charge is 0.257 e. The van der Waals surface area contributed by atoms with Gasteiger partial charge in [-0.3, -0.25) is 15.1 Å². The van der Waals surface area contributed by atoms with Crippen LogP contribution in [0.25, 0.3) is 0 Å². The largest absolute Gasteiger partial charge is 0.497 e. The number of hydrogen-bond donors (Lipinski definition) is 2. The number of ether oxygens (including phenoxy) is 1. The van der Waals surface area contributed by atoms with Gasteiger partial charge in [-0.1, -0.05) is 39.3 Å². The molecule has 0 aliphatic rings. The molecular formula is C28H39FN4O2. The van der Waals surface area contributed by atoms with Crippen molar-refractivity contribution in [1.29, 1.82) is 0 Å². The Morgan fingerprint density at radius 3 is 2.17 bits per heavy atom. The lowest BCUT2D eigenvalue weighted by Gasteiger charge is -2.28. The third-order valence-corrected chi connectivity index (χ3v) is 5.94. The van der Waals surface area contributed by atoms with Crippen LogP contribution in [0.4, 0.5) is 4.39 Å². The number of rotatable bonds is 10. The molecule has 2 aromatic carbocycles. The van der Waals surface area contributed by atoms with E-state index in [1.54, 1.807) is 50.6 Å². The summed E-state index contributed by atoms with van der Waals surface area (Å²) in [6.07, 6.45) is 2.35. The lowest BCUT2D eigenvalue weighted by Crippen LogP contribution is -2.45. The van der Waals surface area contributed by atoms with Crippen LogP contribution in [0, 0.1) is 11.2 Å². The standard InChI is InChI=1S/C28H39FN4O2/c1-8-28(4,5)18-23(17-25(30-6)20-9-13-22(29)14-10-20)32-27(31-19(2)3)33-26(34)21-11-15-24(35-7)16-12-21/h9-16,19,23H,8,17-18H2,1-7H3,(H2,31,32,33,34). The zero-order chi connectivity index (χ0) is 26.0. The van der Waals surface area contributed by atoms with Crippen molar-refractivity contribution < 1.29 is 13.9 Å². The van der Waals surface area contributed by atoms with Gasteiger partial charge in [-0.2, -0.15) is 0 Å². The van der Waals surface area contributed by atoms with Gasteiger partial charge in [0.15, 0.2) is 5.96 Å². The summed E-state index contributed by atoms with van der Waals surface area (Å²) in [6.45, 7) is 10.6. The monoisotopic (exact) mass is 482 g/mol. The van der Waals surface area contributed by atoms with Gasteiger partial charge in [0.2, 0.25) is 0 Å². The van der Waals surface area contributed by atoms with E-state index in [2.05, 4.69) is 36.4 Å². The van der Waals surface area contributed by atoms with Crippen molar-refractivity contribution in [2.45, 2.75) is 66.0 Å². The SMILES string of the molecule is CCC(C)(C)CC(CC(=NC)c1ccc(F)cc1)N=C(NC(=O)c1ccc(OC)cc1)NC(C)C. The number of carbonyl (C=O) groups is 1. The number of aliphatic imine (C=N–C) groups is 2. The second-order valence-electron chi connectivity index (χ2n) is 9.72. The van der Waals surface area contributed by atoms with Crippen LogP contribution in [-0.4, -0.2) is 43.8 Å². The summed E-state index contributed by atoms with van der Waals surface area (Å²) < 4.78 is 18.6. The third kappa shape index (κ3) is 9.15. The Balaban J connectivity index is 2.36. The first-order valence-corrected chi connectivity index (χ1v) is 12.1. The van der Waals surface area contributed by atoms with E-state index in [9.17, 15) is 9.18 Å². The number of carbonyl (C=O) groups excluding carboxylic acids is 1. The molecule has 2 rings (SSSR count). The van der Waals surface area contributed by atoms with E-state index >= 15 is 0 Å². The van der Waals surface area contributed by atoms with Crippen LogP contribution in [0.2, 0.25) is 0 Å². The van der Waals surface area contributed by atoms with Gasteiger partial charge in [-0.25, -0.2) is 9.38 Å². The molecule has 1 atom stereocenters. The number of methoxy groups -OCH3 is 1. The average Bonchev–Trinajstić information content (AvgIpc) is 2.82. The van der Waals surface area contributed by atoms with Gasteiger partial charge >= 0.3 is 0 Å². The molecule has 2 N–H and O–H groups in total. The van der Waals surface area contributed by atoms with Crippen LogP contribution in [0.15, 0.2) is 58.5 Å². The molecule has 0 radical (unpaired) electrons. The first-order chi connectivity index (χ1) is 16.6. The molecule has 1 amide bonds. The molecule has 0 spiro atoms. The van der Waals surface area contributed by atoms with Crippen molar-refractivity contribution in [1.82, 2.24) is 10.6 Å². The van der Waals surface area contributed by atoms with Crippen molar-refractivity contribution in [3.05, 3.63) is 65.5 Å². The van der Waals surface area contributed by atoms with Crippen LogP contribution < -0.4 is 15.4 Å². The summed E-state index contributed by atoms with van der Waals surface area (Å²) in [6, 6.07) is 13.2. The Kier molecular flexibility index (Phi) is 10.4. The summed E-state index contributed by atoms with van der Waals surface area (Å²) in [5, 5.41) is 6.22. The Bertz CT molecular complexity index is 1010. The normalized spacial score (nSPS) is 13.5. The van der Waals surface area contributed by atoms with Gasteiger partial charge in [0.1, 0.15) is 11.6 Å². The molecule has 190 valence electrons. The maximum Gasteiger partial charge on any atom is 0.257 e. The summed E-state index contributed by atoms with van der Waals surface area (Å²) in [5.74, 6) is 0.573. The van der Waals surface area contributed by atoms with Gasteiger partial charge in [0, 0.05) is 30.8 Å². The highest BCUT2D eigenvalue weighted by Crippen LogP contribution is 2.29. The maximum atomic E-state index is 13.5.